The zero-order valence-electron chi connectivity index (χ0n) is 8.75. The van der Waals surface area contributed by atoms with Crippen molar-refractivity contribution in [2.45, 2.75) is 12.5 Å². The summed E-state index contributed by atoms with van der Waals surface area (Å²) in [6.45, 7) is 0.00538. The lowest BCUT2D eigenvalue weighted by atomic mass is 10.2. The highest BCUT2D eigenvalue weighted by molar-refractivity contribution is 5.93. The molecule has 0 saturated carbocycles. The van der Waals surface area contributed by atoms with Crippen LogP contribution in [0.4, 0.5) is 0 Å². The third-order valence-electron chi connectivity index (χ3n) is 1.95. The largest absolute Gasteiger partial charge is 0.479 e. The Morgan fingerprint density at radius 3 is 2.65 bits per heavy atom. The van der Waals surface area contributed by atoms with E-state index in [0.717, 1.165) is 12.3 Å². The number of hydrogen-bond acceptors (Lipinski definition) is 5. The van der Waals surface area contributed by atoms with Gasteiger partial charge in [0, 0.05) is 19.0 Å². The van der Waals surface area contributed by atoms with Gasteiger partial charge in [0.05, 0.1) is 5.56 Å². The molecule has 0 aliphatic carbocycles. The zero-order valence-corrected chi connectivity index (χ0v) is 8.75. The molecule has 1 unspecified atom stereocenters. The van der Waals surface area contributed by atoms with Gasteiger partial charge in [-0.2, -0.15) is 0 Å². The summed E-state index contributed by atoms with van der Waals surface area (Å²) in [4.78, 5) is 32.3. The summed E-state index contributed by atoms with van der Waals surface area (Å²) in [6.07, 6.45) is -0.604. The van der Waals surface area contributed by atoms with Crippen molar-refractivity contribution in [2.24, 2.45) is 0 Å². The number of aliphatic carboxylic acids is 1. The molecule has 3 N–H and O–H groups in total. The minimum absolute atomic E-state index is 0.00538. The molecule has 1 aromatic rings. The molecule has 1 aromatic heterocycles. The highest BCUT2D eigenvalue weighted by Gasteiger charge is 2.13. The summed E-state index contributed by atoms with van der Waals surface area (Å²) in [5, 5.41) is 19.7. The van der Waals surface area contributed by atoms with Crippen LogP contribution < -0.4 is 10.9 Å². The highest BCUT2D eigenvalue weighted by atomic mass is 16.4. The van der Waals surface area contributed by atoms with Crippen LogP contribution in [0.3, 0.4) is 0 Å². The van der Waals surface area contributed by atoms with Gasteiger partial charge in [-0.1, -0.05) is 0 Å². The lowest BCUT2D eigenvalue weighted by Crippen LogP contribution is -2.30. The molecule has 17 heavy (non-hydrogen) atoms. The molecule has 0 aliphatic heterocycles. The van der Waals surface area contributed by atoms with Gasteiger partial charge in [-0.25, -0.2) is 9.59 Å². The van der Waals surface area contributed by atoms with Crippen LogP contribution >= 0.6 is 0 Å². The van der Waals surface area contributed by atoms with Crippen LogP contribution in [-0.4, -0.2) is 34.7 Å². The van der Waals surface area contributed by atoms with Crippen LogP contribution in [0.25, 0.3) is 0 Å². The van der Waals surface area contributed by atoms with Gasteiger partial charge in [0.15, 0.2) is 6.10 Å². The number of aliphatic hydroxyl groups excluding tert-OH is 1. The van der Waals surface area contributed by atoms with Crippen molar-refractivity contribution in [2.75, 3.05) is 6.54 Å². The molecular weight excluding hydrogens is 230 g/mol. The maximum Gasteiger partial charge on any atom is 0.335 e. The first-order valence-corrected chi connectivity index (χ1v) is 4.78. The molecule has 0 spiro atoms. The second-order valence-electron chi connectivity index (χ2n) is 3.24. The molecule has 0 aromatic carbocycles. The van der Waals surface area contributed by atoms with Crippen molar-refractivity contribution in [3.63, 3.8) is 0 Å². The molecule has 7 heteroatoms. The van der Waals surface area contributed by atoms with E-state index in [1.54, 1.807) is 0 Å². The van der Waals surface area contributed by atoms with Gasteiger partial charge in [0.1, 0.15) is 6.26 Å². The Bertz CT molecular complexity index is 446. The Hall–Kier alpha value is -2.15. The van der Waals surface area contributed by atoms with Crippen molar-refractivity contribution in [3.8, 4) is 0 Å². The number of carbonyl (C=O) groups is 2. The SMILES string of the molecule is O=C(NCCC(O)C(=O)O)c1ccc(=O)oc1. The normalized spacial score (nSPS) is 11.8. The number of carbonyl (C=O) groups excluding carboxylic acids is 1. The van der Waals surface area contributed by atoms with Crippen LogP contribution in [0.1, 0.15) is 16.8 Å². The Balaban J connectivity index is 2.43. The minimum Gasteiger partial charge on any atom is -0.479 e. The number of rotatable bonds is 5. The van der Waals surface area contributed by atoms with Crippen LogP contribution in [0.15, 0.2) is 27.6 Å². The van der Waals surface area contributed by atoms with Crippen LogP contribution in [0.5, 0.6) is 0 Å². The Kier molecular flexibility index (Phi) is 4.41. The summed E-state index contributed by atoms with van der Waals surface area (Å²) < 4.78 is 4.49. The lowest BCUT2D eigenvalue weighted by molar-refractivity contribution is -0.146. The second-order valence-corrected chi connectivity index (χ2v) is 3.24. The summed E-state index contributed by atoms with van der Waals surface area (Å²) in [6, 6.07) is 2.38. The zero-order chi connectivity index (χ0) is 12.8. The van der Waals surface area contributed by atoms with Crippen molar-refractivity contribution in [1.29, 1.82) is 0 Å². The first kappa shape index (κ1) is 12.9. The van der Waals surface area contributed by atoms with Gasteiger partial charge in [0.25, 0.3) is 5.91 Å². The van der Waals surface area contributed by atoms with E-state index in [4.69, 9.17) is 10.2 Å². The maximum atomic E-state index is 11.4. The Morgan fingerprint density at radius 2 is 2.12 bits per heavy atom. The van der Waals surface area contributed by atoms with E-state index >= 15 is 0 Å². The van der Waals surface area contributed by atoms with E-state index in [1.165, 1.54) is 6.07 Å². The van der Waals surface area contributed by atoms with Gasteiger partial charge in [-0.05, 0) is 6.07 Å². The molecule has 0 radical (unpaired) electrons. The van der Waals surface area contributed by atoms with Crippen molar-refractivity contribution < 1.29 is 24.2 Å². The standard InChI is InChI=1S/C10H11NO6/c12-7(10(15)16)3-4-11-9(14)6-1-2-8(13)17-5-6/h1-2,5,7,12H,3-4H2,(H,11,14)(H,15,16). The molecule has 0 aliphatic rings. The predicted octanol–water partition coefficient (Wildman–Crippen LogP) is -0.795. The van der Waals surface area contributed by atoms with E-state index < -0.39 is 23.6 Å². The lowest BCUT2D eigenvalue weighted by Gasteiger charge is -2.06. The first-order chi connectivity index (χ1) is 8.00. The van der Waals surface area contributed by atoms with Crippen LogP contribution in [0.2, 0.25) is 0 Å². The Labute approximate surface area is 95.7 Å². The van der Waals surface area contributed by atoms with Gasteiger partial charge in [-0.3, -0.25) is 4.79 Å². The number of hydrogen-bond donors (Lipinski definition) is 3. The fourth-order valence-corrected chi connectivity index (χ4v) is 1.04. The molecule has 0 bridgehead atoms. The maximum absolute atomic E-state index is 11.4. The number of carboxylic acid groups (broad SMARTS) is 1. The average molecular weight is 241 g/mol. The van der Waals surface area contributed by atoms with Gasteiger partial charge in [-0.15, -0.1) is 0 Å². The third-order valence-corrected chi connectivity index (χ3v) is 1.95. The number of amides is 1. The average Bonchev–Trinajstić information content (AvgIpc) is 2.29. The van der Waals surface area contributed by atoms with Crippen LogP contribution in [0, 0.1) is 0 Å². The van der Waals surface area contributed by atoms with Gasteiger partial charge in [0.2, 0.25) is 0 Å². The number of aliphatic hydroxyl groups is 1. The summed E-state index contributed by atoms with van der Waals surface area (Å²) in [5.74, 6) is -1.85. The Morgan fingerprint density at radius 1 is 1.41 bits per heavy atom. The molecule has 92 valence electrons. The molecule has 1 atom stereocenters. The quantitative estimate of drug-likeness (QED) is 0.621. The molecule has 1 amide bonds. The van der Waals surface area contributed by atoms with Crippen molar-refractivity contribution >= 4 is 11.9 Å². The smallest absolute Gasteiger partial charge is 0.335 e. The fourth-order valence-electron chi connectivity index (χ4n) is 1.04. The van der Waals surface area contributed by atoms with Gasteiger partial charge >= 0.3 is 11.6 Å². The molecule has 0 fully saturated rings. The molecule has 0 saturated heterocycles. The van der Waals surface area contributed by atoms with Gasteiger partial charge < -0.3 is 19.9 Å². The monoisotopic (exact) mass is 241 g/mol. The number of nitrogens with one attached hydrogen (secondary N) is 1. The van der Waals surface area contributed by atoms with Crippen molar-refractivity contribution in [3.05, 3.63) is 34.4 Å². The first-order valence-electron chi connectivity index (χ1n) is 4.78. The number of carboxylic acids is 1. The molecule has 7 nitrogen and oxygen atoms in total. The van der Waals surface area contributed by atoms with E-state index in [2.05, 4.69) is 9.73 Å². The summed E-state index contributed by atoms with van der Waals surface area (Å²) >= 11 is 0. The molecule has 1 rings (SSSR count). The van der Waals surface area contributed by atoms with E-state index in [-0.39, 0.29) is 18.5 Å². The highest BCUT2D eigenvalue weighted by Crippen LogP contribution is 1.96. The summed E-state index contributed by atoms with van der Waals surface area (Å²) in [5.41, 5.74) is -0.419. The van der Waals surface area contributed by atoms with Crippen molar-refractivity contribution in [1.82, 2.24) is 5.32 Å². The van der Waals surface area contributed by atoms with Crippen LogP contribution in [-0.2, 0) is 4.79 Å². The third kappa shape index (κ3) is 4.07. The molecule has 1 heterocycles. The summed E-state index contributed by atoms with van der Waals surface area (Å²) in [7, 11) is 0. The minimum atomic E-state index is -1.51. The second kappa shape index (κ2) is 5.80. The predicted molar refractivity (Wildman–Crippen MR) is 55.6 cm³/mol. The van der Waals surface area contributed by atoms with E-state index in [9.17, 15) is 14.4 Å². The van der Waals surface area contributed by atoms with E-state index in [1.807, 2.05) is 0 Å². The fraction of sp³-hybridized carbons (Fsp3) is 0.300. The van der Waals surface area contributed by atoms with E-state index in [0.29, 0.717) is 0 Å². The molecular formula is C10H11NO6. The topological polar surface area (TPSA) is 117 Å².